The predicted octanol–water partition coefficient (Wildman–Crippen LogP) is 4.17. The number of carbonyl (C=O) groups excluding carboxylic acids is 2. The van der Waals surface area contributed by atoms with Gasteiger partial charge in [0.1, 0.15) is 5.82 Å². The van der Waals surface area contributed by atoms with Crippen LogP contribution in [0.3, 0.4) is 0 Å². The van der Waals surface area contributed by atoms with Crippen LogP contribution in [0.2, 0.25) is 0 Å². The van der Waals surface area contributed by atoms with Gasteiger partial charge in [0, 0.05) is 80.8 Å². The Balaban J connectivity index is 1.47. The van der Waals surface area contributed by atoms with E-state index in [1.54, 1.807) is 6.20 Å². The summed E-state index contributed by atoms with van der Waals surface area (Å²) in [7, 11) is 4.04. The molecule has 8 nitrogen and oxygen atoms in total. The molecule has 1 saturated heterocycles. The topological polar surface area (TPSA) is 83.4 Å². The van der Waals surface area contributed by atoms with Crippen molar-refractivity contribution in [1.82, 2.24) is 25.0 Å². The first-order chi connectivity index (χ1) is 18.7. The lowest BCUT2D eigenvalue weighted by molar-refractivity contribution is -0.115. The Morgan fingerprint density at radius 3 is 2.41 bits per heavy atom. The largest absolute Gasteiger partial charge is 0.354 e. The number of Topliss-reactive ketones (excluding diaryl/α,β-unsaturated/α-hetero) is 1. The molecule has 202 valence electrons. The Labute approximate surface area is 230 Å². The second kappa shape index (κ2) is 11.0. The van der Waals surface area contributed by atoms with Crippen LogP contribution in [0.1, 0.15) is 36.2 Å². The molecule has 1 aliphatic heterocycles. The van der Waals surface area contributed by atoms with Crippen molar-refractivity contribution in [2.75, 3.05) is 44.7 Å². The molecule has 2 aliphatic rings. The third kappa shape index (κ3) is 5.56. The minimum absolute atomic E-state index is 0.0698. The van der Waals surface area contributed by atoms with Crippen LogP contribution >= 0.6 is 0 Å². The molecule has 3 aromatic rings. The average Bonchev–Trinajstić information content (AvgIpc) is 3.34. The predicted molar refractivity (Wildman–Crippen MR) is 155 cm³/mol. The smallest absolute Gasteiger partial charge is 0.251 e. The van der Waals surface area contributed by atoms with Crippen LogP contribution in [0, 0.1) is 6.92 Å². The highest BCUT2D eigenvalue weighted by Crippen LogP contribution is 2.32. The van der Waals surface area contributed by atoms with Crippen molar-refractivity contribution in [3.8, 4) is 22.4 Å². The van der Waals surface area contributed by atoms with Gasteiger partial charge in [-0.3, -0.25) is 14.3 Å². The maximum Gasteiger partial charge on any atom is 0.251 e. The Morgan fingerprint density at radius 1 is 1.00 bits per heavy atom. The van der Waals surface area contributed by atoms with Crippen LogP contribution in [0.25, 0.3) is 22.4 Å². The van der Waals surface area contributed by atoms with Crippen molar-refractivity contribution in [3.63, 3.8) is 0 Å². The average molecular weight is 525 g/mol. The van der Waals surface area contributed by atoms with Gasteiger partial charge in [-0.05, 0) is 74.9 Å². The van der Waals surface area contributed by atoms with Crippen molar-refractivity contribution in [2.45, 2.75) is 27.2 Å². The summed E-state index contributed by atoms with van der Waals surface area (Å²) in [4.78, 5) is 35.6. The number of anilines is 1. The third-order valence-corrected chi connectivity index (χ3v) is 7.80. The Kier molecular flexibility index (Phi) is 7.48. The number of aromatic nitrogens is 3. The number of likely N-dealkylation sites (N-methyl/N-ethyl adjacent to an activating group) is 1. The lowest BCUT2D eigenvalue weighted by atomic mass is 9.92. The zero-order valence-corrected chi connectivity index (χ0v) is 23.4. The van der Waals surface area contributed by atoms with E-state index in [9.17, 15) is 9.59 Å². The number of nitrogens with zero attached hydrogens (tertiary/aromatic N) is 5. The second-order valence-electron chi connectivity index (χ2n) is 10.7. The maximum atomic E-state index is 13.6. The van der Waals surface area contributed by atoms with E-state index in [-0.39, 0.29) is 18.2 Å². The van der Waals surface area contributed by atoms with Crippen molar-refractivity contribution in [3.05, 3.63) is 76.6 Å². The molecule has 1 aromatic carbocycles. The van der Waals surface area contributed by atoms with Gasteiger partial charge in [-0.1, -0.05) is 11.6 Å². The lowest BCUT2D eigenvalue weighted by Gasteiger charge is -2.33. The van der Waals surface area contributed by atoms with Gasteiger partial charge < -0.3 is 15.1 Å². The number of piperazine rings is 1. The van der Waals surface area contributed by atoms with Crippen LogP contribution in [0.5, 0.6) is 0 Å². The molecular formula is C31H36N6O2. The minimum atomic E-state index is -0.209. The number of carbonyl (C=O) groups is 2. The van der Waals surface area contributed by atoms with Crippen LogP contribution in [0.4, 0.5) is 5.82 Å². The van der Waals surface area contributed by atoms with E-state index in [4.69, 9.17) is 4.98 Å². The van der Waals surface area contributed by atoms with E-state index in [0.717, 1.165) is 71.1 Å². The number of allylic oxidation sites excluding steroid dienone is 3. The van der Waals surface area contributed by atoms with Gasteiger partial charge in [-0.2, -0.15) is 5.10 Å². The summed E-state index contributed by atoms with van der Waals surface area (Å²) in [5, 5.41) is 7.36. The zero-order chi connectivity index (χ0) is 27.7. The normalized spacial score (nSPS) is 16.5. The van der Waals surface area contributed by atoms with Gasteiger partial charge in [-0.25, -0.2) is 4.98 Å². The number of hydrogen-bond donors (Lipinski definition) is 1. The summed E-state index contributed by atoms with van der Waals surface area (Å²) in [5.41, 5.74) is 7.75. The molecule has 0 bridgehead atoms. The second-order valence-corrected chi connectivity index (χ2v) is 10.7. The fourth-order valence-electron chi connectivity index (χ4n) is 5.39. The summed E-state index contributed by atoms with van der Waals surface area (Å²) < 4.78 is 1.81. The molecule has 1 amide bonds. The number of nitrogens with one attached hydrogen (secondary N) is 1. The number of benzene rings is 1. The van der Waals surface area contributed by atoms with E-state index < -0.39 is 0 Å². The standard InChI is InChI=1S/C31H36N6O2/c1-20-14-21(2)27(29(38)15-20)19-33-31(39)26-17-24(16-25(22(26)3)28-8-9-34-36(28)5)23-6-7-30(32-18-23)37-12-10-35(4)11-13-37/h6-9,14,16-18H,10-13,15,19H2,1-5H3,(H,33,39). The molecule has 0 unspecified atom stereocenters. The van der Waals surface area contributed by atoms with Crippen LogP contribution < -0.4 is 10.2 Å². The molecule has 0 radical (unpaired) electrons. The van der Waals surface area contributed by atoms with Crippen molar-refractivity contribution < 1.29 is 9.59 Å². The van der Waals surface area contributed by atoms with Crippen molar-refractivity contribution in [1.29, 1.82) is 0 Å². The highest BCUT2D eigenvalue weighted by atomic mass is 16.2. The van der Waals surface area contributed by atoms with Gasteiger partial charge >= 0.3 is 0 Å². The molecule has 0 atom stereocenters. The molecule has 0 spiro atoms. The van der Waals surface area contributed by atoms with Crippen LogP contribution in [0.15, 0.2) is 65.5 Å². The number of amides is 1. The molecular weight excluding hydrogens is 488 g/mol. The highest BCUT2D eigenvalue weighted by Gasteiger charge is 2.21. The molecule has 3 heterocycles. The summed E-state index contributed by atoms with van der Waals surface area (Å²) in [5.74, 6) is 0.827. The molecule has 2 aromatic heterocycles. The fraction of sp³-hybridized carbons (Fsp3) is 0.355. The van der Waals surface area contributed by atoms with Gasteiger partial charge in [-0.15, -0.1) is 0 Å². The summed E-state index contributed by atoms with van der Waals surface area (Å²) in [6.07, 6.45) is 6.07. The van der Waals surface area contributed by atoms with Gasteiger partial charge in [0.2, 0.25) is 0 Å². The lowest BCUT2D eigenvalue weighted by Crippen LogP contribution is -2.44. The van der Waals surface area contributed by atoms with Crippen LogP contribution in [-0.2, 0) is 11.8 Å². The molecule has 1 N–H and O–H groups in total. The van der Waals surface area contributed by atoms with Crippen molar-refractivity contribution >= 4 is 17.5 Å². The van der Waals surface area contributed by atoms with Gasteiger partial charge in [0.25, 0.3) is 5.91 Å². The maximum absolute atomic E-state index is 13.6. The van der Waals surface area contributed by atoms with E-state index in [2.05, 4.69) is 45.5 Å². The molecule has 1 aliphatic carbocycles. The Morgan fingerprint density at radius 2 is 1.77 bits per heavy atom. The van der Waals surface area contributed by atoms with Crippen LogP contribution in [-0.4, -0.2) is 71.1 Å². The first-order valence-electron chi connectivity index (χ1n) is 13.4. The number of pyridine rings is 1. The van der Waals surface area contributed by atoms with Gasteiger partial charge in [0.05, 0.1) is 5.69 Å². The molecule has 1 fully saturated rings. The minimum Gasteiger partial charge on any atom is -0.354 e. The Bertz CT molecular complexity index is 1470. The first-order valence-corrected chi connectivity index (χ1v) is 13.4. The van der Waals surface area contributed by atoms with Gasteiger partial charge in [0.15, 0.2) is 5.78 Å². The highest BCUT2D eigenvalue weighted by molar-refractivity contribution is 6.02. The number of rotatable bonds is 6. The quantitative estimate of drug-likeness (QED) is 0.521. The molecule has 8 heteroatoms. The first kappa shape index (κ1) is 26.6. The number of hydrogen-bond acceptors (Lipinski definition) is 6. The summed E-state index contributed by atoms with van der Waals surface area (Å²) in [6.45, 7) is 9.99. The third-order valence-electron chi connectivity index (χ3n) is 7.80. The summed E-state index contributed by atoms with van der Waals surface area (Å²) in [6, 6.07) is 10.1. The fourth-order valence-corrected chi connectivity index (χ4v) is 5.39. The number of ketones is 1. The monoisotopic (exact) mass is 524 g/mol. The molecule has 5 rings (SSSR count). The SMILES string of the molecule is CC1=CC(C)=C(CNC(=O)c2cc(-c3ccc(N4CCN(C)CC4)nc3)cc(-c3ccnn3C)c2C)C(=O)C1. The van der Waals surface area contributed by atoms with E-state index in [0.29, 0.717) is 17.6 Å². The number of aryl methyl sites for hydroxylation is 1. The Hall–Kier alpha value is -4.04. The summed E-state index contributed by atoms with van der Waals surface area (Å²) >= 11 is 0. The van der Waals surface area contributed by atoms with E-state index in [1.807, 2.05) is 56.9 Å². The van der Waals surface area contributed by atoms with E-state index >= 15 is 0 Å². The zero-order valence-electron chi connectivity index (χ0n) is 23.4. The molecule has 0 saturated carbocycles. The van der Waals surface area contributed by atoms with E-state index in [1.165, 1.54) is 0 Å². The van der Waals surface area contributed by atoms with Crippen molar-refractivity contribution in [2.24, 2.45) is 7.05 Å². The molecule has 39 heavy (non-hydrogen) atoms.